The number of piperidine rings is 1. The van der Waals surface area contributed by atoms with Crippen molar-refractivity contribution in [3.63, 3.8) is 0 Å². The molecular formula is C16H24N2O2. The first-order chi connectivity index (χ1) is 9.81. The fourth-order valence-electron chi connectivity index (χ4n) is 2.70. The highest BCUT2D eigenvalue weighted by atomic mass is 16.6. The summed E-state index contributed by atoms with van der Waals surface area (Å²) in [5.41, 5.74) is 6.59. The molecule has 1 amide bonds. The molecule has 1 atom stereocenters. The van der Waals surface area contributed by atoms with Crippen LogP contribution in [-0.4, -0.2) is 30.1 Å². The Balaban J connectivity index is 1.85. The maximum absolute atomic E-state index is 12.2. The summed E-state index contributed by atoms with van der Waals surface area (Å²) in [4.78, 5) is 14.1. The van der Waals surface area contributed by atoms with Crippen molar-refractivity contribution in [1.29, 1.82) is 0 Å². The Labute approximate surface area is 120 Å². The van der Waals surface area contributed by atoms with Crippen LogP contribution in [0, 0.1) is 0 Å². The van der Waals surface area contributed by atoms with E-state index in [4.69, 9.17) is 10.5 Å². The van der Waals surface area contributed by atoms with Gasteiger partial charge in [-0.15, -0.1) is 0 Å². The summed E-state index contributed by atoms with van der Waals surface area (Å²) in [5.74, 6) is 0. The van der Waals surface area contributed by atoms with Gasteiger partial charge in [-0.2, -0.15) is 0 Å². The molecule has 0 radical (unpaired) electrons. The fraction of sp³-hybridized carbons (Fsp3) is 0.562. The van der Waals surface area contributed by atoms with Gasteiger partial charge in [-0.05, 0) is 44.2 Å². The molecule has 1 saturated heterocycles. The average molecular weight is 276 g/mol. The number of ether oxygens (including phenoxy) is 1. The van der Waals surface area contributed by atoms with Crippen LogP contribution in [0.2, 0.25) is 0 Å². The molecule has 0 aliphatic carbocycles. The van der Waals surface area contributed by atoms with Gasteiger partial charge in [0.25, 0.3) is 0 Å². The summed E-state index contributed by atoms with van der Waals surface area (Å²) in [7, 11) is 0. The van der Waals surface area contributed by atoms with Crippen molar-refractivity contribution >= 4 is 6.09 Å². The van der Waals surface area contributed by atoms with E-state index in [0.717, 1.165) is 37.8 Å². The lowest BCUT2D eigenvalue weighted by Gasteiger charge is -2.35. The van der Waals surface area contributed by atoms with Crippen molar-refractivity contribution in [2.45, 2.75) is 44.8 Å². The smallest absolute Gasteiger partial charge is 0.410 e. The zero-order valence-corrected chi connectivity index (χ0v) is 12.0. The van der Waals surface area contributed by atoms with Gasteiger partial charge in [0.2, 0.25) is 0 Å². The summed E-state index contributed by atoms with van der Waals surface area (Å²) in [5, 5.41) is 0. The van der Waals surface area contributed by atoms with Gasteiger partial charge in [-0.25, -0.2) is 4.79 Å². The lowest BCUT2D eigenvalue weighted by atomic mass is 9.98. The first-order valence-electron chi connectivity index (χ1n) is 7.48. The van der Waals surface area contributed by atoms with Crippen molar-refractivity contribution in [3.8, 4) is 0 Å². The van der Waals surface area contributed by atoms with Crippen LogP contribution < -0.4 is 5.73 Å². The number of carbonyl (C=O) groups excluding carboxylic acids is 1. The molecule has 1 aliphatic rings. The number of nitrogens with two attached hydrogens (primary N) is 1. The third-order valence-electron chi connectivity index (χ3n) is 3.81. The third-order valence-corrected chi connectivity index (χ3v) is 3.81. The molecule has 2 rings (SSSR count). The predicted octanol–water partition coefficient (Wildman–Crippen LogP) is 2.92. The summed E-state index contributed by atoms with van der Waals surface area (Å²) in [6.45, 7) is 1.84. The largest absolute Gasteiger partial charge is 0.445 e. The Morgan fingerprint density at radius 2 is 2.10 bits per heavy atom. The van der Waals surface area contributed by atoms with Gasteiger partial charge < -0.3 is 15.4 Å². The highest BCUT2D eigenvalue weighted by Crippen LogP contribution is 2.21. The number of hydrogen-bond donors (Lipinski definition) is 1. The molecule has 0 aromatic heterocycles. The SMILES string of the molecule is NCCC[C@@H]1CCCCN1C(=O)OCc1ccccc1. The van der Waals surface area contributed by atoms with E-state index in [-0.39, 0.29) is 6.09 Å². The van der Waals surface area contributed by atoms with Gasteiger partial charge in [-0.3, -0.25) is 0 Å². The number of rotatable bonds is 5. The van der Waals surface area contributed by atoms with E-state index in [1.54, 1.807) is 0 Å². The van der Waals surface area contributed by atoms with Crippen molar-refractivity contribution in [3.05, 3.63) is 35.9 Å². The Morgan fingerprint density at radius 3 is 2.85 bits per heavy atom. The molecule has 4 nitrogen and oxygen atoms in total. The second-order valence-electron chi connectivity index (χ2n) is 5.31. The van der Waals surface area contributed by atoms with Crippen LogP contribution in [0.1, 0.15) is 37.7 Å². The van der Waals surface area contributed by atoms with Crippen molar-refractivity contribution in [2.24, 2.45) is 5.73 Å². The van der Waals surface area contributed by atoms with Gasteiger partial charge in [0.1, 0.15) is 6.61 Å². The minimum Gasteiger partial charge on any atom is -0.445 e. The molecule has 1 heterocycles. The number of nitrogens with zero attached hydrogens (tertiary/aromatic N) is 1. The van der Waals surface area contributed by atoms with E-state index in [1.807, 2.05) is 35.2 Å². The summed E-state index contributed by atoms with van der Waals surface area (Å²) in [6.07, 6.45) is 5.09. The van der Waals surface area contributed by atoms with E-state index in [2.05, 4.69) is 0 Å². The lowest BCUT2D eigenvalue weighted by molar-refractivity contribution is 0.0657. The quantitative estimate of drug-likeness (QED) is 0.899. The van der Waals surface area contributed by atoms with Gasteiger partial charge in [-0.1, -0.05) is 30.3 Å². The van der Waals surface area contributed by atoms with Crippen molar-refractivity contribution < 1.29 is 9.53 Å². The van der Waals surface area contributed by atoms with Gasteiger partial charge >= 0.3 is 6.09 Å². The Hall–Kier alpha value is -1.55. The molecule has 2 N–H and O–H groups in total. The molecule has 1 aromatic carbocycles. The highest BCUT2D eigenvalue weighted by molar-refractivity contribution is 5.68. The summed E-state index contributed by atoms with van der Waals surface area (Å²) in [6, 6.07) is 10.1. The zero-order valence-electron chi connectivity index (χ0n) is 12.0. The minimum atomic E-state index is -0.185. The Bertz CT molecular complexity index is 408. The van der Waals surface area contributed by atoms with Gasteiger partial charge in [0.05, 0.1) is 0 Å². The lowest BCUT2D eigenvalue weighted by Crippen LogP contribution is -2.44. The van der Waals surface area contributed by atoms with E-state index < -0.39 is 0 Å². The van der Waals surface area contributed by atoms with Crippen LogP contribution >= 0.6 is 0 Å². The molecule has 0 unspecified atom stereocenters. The van der Waals surface area contributed by atoms with Crippen LogP contribution in [0.25, 0.3) is 0 Å². The highest BCUT2D eigenvalue weighted by Gasteiger charge is 2.27. The third kappa shape index (κ3) is 4.23. The maximum Gasteiger partial charge on any atom is 0.410 e. The second-order valence-corrected chi connectivity index (χ2v) is 5.31. The van der Waals surface area contributed by atoms with E-state index in [1.165, 1.54) is 6.42 Å². The summed E-state index contributed by atoms with van der Waals surface area (Å²) >= 11 is 0. The molecule has 1 aromatic rings. The Morgan fingerprint density at radius 1 is 1.30 bits per heavy atom. The van der Waals surface area contributed by atoms with Gasteiger partial charge in [0, 0.05) is 12.6 Å². The number of hydrogen-bond acceptors (Lipinski definition) is 3. The van der Waals surface area contributed by atoms with Crippen LogP contribution in [0.15, 0.2) is 30.3 Å². The van der Waals surface area contributed by atoms with Crippen LogP contribution in [-0.2, 0) is 11.3 Å². The second kappa shape index (κ2) is 7.90. The standard InChI is InChI=1S/C16H24N2O2/c17-11-6-10-15-9-4-5-12-18(15)16(19)20-13-14-7-2-1-3-8-14/h1-3,7-8,15H,4-6,9-13,17H2/t15-/m0/s1. The monoisotopic (exact) mass is 276 g/mol. The summed E-state index contributed by atoms with van der Waals surface area (Å²) < 4.78 is 5.43. The molecule has 0 bridgehead atoms. The molecule has 1 fully saturated rings. The number of amides is 1. The normalized spacial score (nSPS) is 18.9. The minimum absolute atomic E-state index is 0.185. The van der Waals surface area contributed by atoms with Gasteiger partial charge in [0.15, 0.2) is 0 Å². The topological polar surface area (TPSA) is 55.6 Å². The molecule has 4 heteroatoms. The first kappa shape index (κ1) is 14.9. The van der Waals surface area contributed by atoms with E-state index >= 15 is 0 Å². The Kier molecular flexibility index (Phi) is 5.87. The number of likely N-dealkylation sites (tertiary alicyclic amines) is 1. The van der Waals surface area contributed by atoms with Crippen LogP contribution in [0.4, 0.5) is 4.79 Å². The number of benzene rings is 1. The molecule has 1 aliphatic heterocycles. The average Bonchev–Trinajstić information content (AvgIpc) is 2.52. The molecule has 20 heavy (non-hydrogen) atoms. The maximum atomic E-state index is 12.2. The zero-order chi connectivity index (χ0) is 14.2. The first-order valence-corrected chi connectivity index (χ1v) is 7.48. The molecule has 110 valence electrons. The fourth-order valence-corrected chi connectivity index (χ4v) is 2.70. The van der Waals surface area contributed by atoms with E-state index in [9.17, 15) is 4.79 Å². The van der Waals surface area contributed by atoms with Crippen molar-refractivity contribution in [2.75, 3.05) is 13.1 Å². The van der Waals surface area contributed by atoms with Crippen LogP contribution in [0.5, 0.6) is 0 Å². The van der Waals surface area contributed by atoms with Crippen LogP contribution in [0.3, 0.4) is 0 Å². The molecular weight excluding hydrogens is 252 g/mol. The molecule has 0 spiro atoms. The predicted molar refractivity (Wildman–Crippen MR) is 79.3 cm³/mol. The molecule has 0 saturated carbocycles. The number of carbonyl (C=O) groups is 1. The van der Waals surface area contributed by atoms with Crippen molar-refractivity contribution in [1.82, 2.24) is 4.90 Å². The van der Waals surface area contributed by atoms with E-state index in [0.29, 0.717) is 19.2 Å².